The molecule has 1 saturated heterocycles. The number of aromatic hydroxyl groups is 1. The molecule has 1 amide bonds. The van der Waals surface area contributed by atoms with E-state index in [1.54, 1.807) is 19.1 Å². The Morgan fingerprint density at radius 2 is 2.18 bits per heavy atom. The molecule has 1 N–H and O–H groups in total. The van der Waals surface area contributed by atoms with Gasteiger partial charge in [-0.3, -0.25) is 9.59 Å². The summed E-state index contributed by atoms with van der Waals surface area (Å²) >= 11 is 0. The second-order valence-corrected chi connectivity index (χ2v) is 4.37. The van der Waals surface area contributed by atoms with Crippen molar-refractivity contribution in [2.45, 2.75) is 19.8 Å². The Labute approximate surface area is 99.9 Å². The fourth-order valence-electron chi connectivity index (χ4n) is 1.94. The predicted octanol–water partition coefficient (Wildman–Crippen LogP) is 1.51. The van der Waals surface area contributed by atoms with Crippen LogP contribution in [0.1, 0.15) is 28.8 Å². The van der Waals surface area contributed by atoms with Crippen molar-refractivity contribution in [3.05, 3.63) is 29.3 Å². The smallest absolute Gasteiger partial charge is 0.254 e. The Morgan fingerprint density at radius 3 is 2.82 bits per heavy atom. The number of hydrogen-bond acceptors (Lipinski definition) is 3. The van der Waals surface area contributed by atoms with Gasteiger partial charge in [0.2, 0.25) is 0 Å². The number of likely N-dealkylation sites (tertiary alicyclic amines) is 1. The van der Waals surface area contributed by atoms with E-state index in [1.807, 2.05) is 0 Å². The first-order chi connectivity index (χ1) is 8.08. The number of hydrogen-bond donors (Lipinski definition) is 1. The molecule has 1 aliphatic heterocycles. The summed E-state index contributed by atoms with van der Waals surface area (Å²) in [7, 11) is 0. The molecule has 0 bridgehead atoms. The molecule has 1 heterocycles. The van der Waals surface area contributed by atoms with Gasteiger partial charge in [-0.1, -0.05) is 6.07 Å². The molecule has 1 aliphatic rings. The third-order valence-corrected chi connectivity index (χ3v) is 2.99. The highest BCUT2D eigenvalue weighted by Gasteiger charge is 2.22. The number of Topliss-reactive ketones (excluding diaryl/α,β-unsaturated/α-hetero) is 1. The summed E-state index contributed by atoms with van der Waals surface area (Å²) in [5.41, 5.74) is 1.17. The maximum absolute atomic E-state index is 12.1. The van der Waals surface area contributed by atoms with E-state index in [0.29, 0.717) is 18.5 Å². The van der Waals surface area contributed by atoms with Gasteiger partial charge in [-0.15, -0.1) is 0 Å². The molecule has 1 fully saturated rings. The molecule has 4 heteroatoms. The molecule has 0 saturated carbocycles. The predicted molar refractivity (Wildman–Crippen MR) is 63.0 cm³/mol. The van der Waals surface area contributed by atoms with Crippen molar-refractivity contribution in [3.63, 3.8) is 0 Å². The van der Waals surface area contributed by atoms with Gasteiger partial charge < -0.3 is 10.0 Å². The van der Waals surface area contributed by atoms with Crippen LogP contribution in [0.3, 0.4) is 0 Å². The zero-order valence-corrected chi connectivity index (χ0v) is 9.77. The van der Waals surface area contributed by atoms with Crippen LogP contribution in [-0.4, -0.2) is 34.8 Å². The second kappa shape index (κ2) is 4.57. The molecule has 1 aromatic rings. The first kappa shape index (κ1) is 11.6. The van der Waals surface area contributed by atoms with Crippen LogP contribution >= 0.6 is 0 Å². The summed E-state index contributed by atoms with van der Waals surface area (Å²) in [6.07, 6.45) is 1.28. The Balaban J connectivity index is 2.18. The van der Waals surface area contributed by atoms with E-state index >= 15 is 0 Å². The zero-order chi connectivity index (χ0) is 12.4. The number of phenolic OH excluding ortho intramolecular Hbond substituents is 1. The molecular weight excluding hydrogens is 218 g/mol. The first-order valence-corrected chi connectivity index (χ1v) is 5.68. The first-order valence-electron chi connectivity index (χ1n) is 5.68. The van der Waals surface area contributed by atoms with E-state index in [0.717, 1.165) is 12.0 Å². The molecule has 0 atom stereocenters. The van der Waals surface area contributed by atoms with Crippen LogP contribution in [0.25, 0.3) is 0 Å². The zero-order valence-electron chi connectivity index (χ0n) is 9.77. The molecule has 17 heavy (non-hydrogen) atoms. The van der Waals surface area contributed by atoms with Crippen LogP contribution in [0.5, 0.6) is 5.75 Å². The highest BCUT2D eigenvalue weighted by atomic mass is 16.3. The van der Waals surface area contributed by atoms with E-state index in [4.69, 9.17) is 0 Å². The van der Waals surface area contributed by atoms with E-state index in [1.165, 1.54) is 11.0 Å². The van der Waals surface area contributed by atoms with Crippen molar-refractivity contribution in [1.29, 1.82) is 0 Å². The SMILES string of the molecule is Cc1ccc(C(=O)N2CCCC(=O)C2)cc1O. The molecular formula is C13H15NO3. The number of aryl methyl sites for hydroxylation is 1. The number of nitrogens with zero attached hydrogens (tertiary/aromatic N) is 1. The molecule has 2 rings (SSSR count). The highest BCUT2D eigenvalue weighted by molar-refractivity contribution is 5.97. The van der Waals surface area contributed by atoms with Gasteiger partial charge in [-0.2, -0.15) is 0 Å². The minimum Gasteiger partial charge on any atom is -0.508 e. The lowest BCUT2D eigenvalue weighted by atomic mass is 10.1. The molecule has 1 aromatic carbocycles. The largest absolute Gasteiger partial charge is 0.508 e. The van der Waals surface area contributed by atoms with E-state index in [9.17, 15) is 14.7 Å². The van der Waals surface area contributed by atoms with Crippen LogP contribution in [0.2, 0.25) is 0 Å². The van der Waals surface area contributed by atoms with Gasteiger partial charge >= 0.3 is 0 Å². The van der Waals surface area contributed by atoms with Crippen molar-refractivity contribution in [2.75, 3.05) is 13.1 Å². The van der Waals surface area contributed by atoms with Crippen molar-refractivity contribution in [1.82, 2.24) is 4.90 Å². The molecule has 0 radical (unpaired) electrons. The summed E-state index contributed by atoms with van der Waals surface area (Å²) in [5.74, 6) is 0.0217. The third-order valence-electron chi connectivity index (χ3n) is 2.99. The second-order valence-electron chi connectivity index (χ2n) is 4.37. The van der Waals surface area contributed by atoms with Crippen LogP contribution < -0.4 is 0 Å². The van der Waals surface area contributed by atoms with Gasteiger partial charge in [-0.05, 0) is 31.0 Å². The lowest BCUT2D eigenvalue weighted by molar-refractivity contribution is -0.121. The van der Waals surface area contributed by atoms with E-state index in [-0.39, 0.29) is 24.0 Å². The van der Waals surface area contributed by atoms with E-state index in [2.05, 4.69) is 0 Å². The number of carbonyl (C=O) groups excluding carboxylic acids is 2. The minimum absolute atomic E-state index is 0.0981. The molecule has 0 aromatic heterocycles. The summed E-state index contributed by atoms with van der Waals surface area (Å²) in [6, 6.07) is 4.83. The maximum Gasteiger partial charge on any atom is 0.254 e. The molecule has 4 nitrogen and oxygen atoms in total. The lowest BCUT2D eigenvalue weighted by Gasteiger charge is -2.25. The van der Waals surface area contributed by atoms with E-state index < -0.39 is 0 Å². The lowest BCUT2D eigenvalue weighted by Crippen LogP contribution is -2.40. The topological polar surface area (TPSA) is 57.6 Å². The van der Waals surface area contributed by atoms with Crippen LogP contribution in [0.15, 0.2) is 18.2 Å². The van der Waals surface area contributed by atoms with Gasteiger partial charge in [0.05, 0.1) is 6.54 Å². The van der Waals surface area contributed by atoms with Crippen LogP contribution in [-0.2, 0) is 4.79 Å². The Kier molecular flexibility index (Phi) is 3.13. The Hall–Kier alpha value is -1.84. The fourth-order valence-corrected chi connectivity index (χ4v) is 1.94. The number of amides is 1. The van der Waals surface area contributed by atoms with Gasteiger partial charge in [0.15, 0.2) is 5.78 Å². The monoisotopic (exact) mass is 233 g/mol. The van der Waals surface area contributed by atoms with Gasteiger partial charge in [0, 0.05) is 18.5 Å². The van der Waals surface area contributed by atoms with Crippen molar-refractivity contribution < 1.29 is 14.7 Å². The summed E-state index contributed by atoms with van der Waals surface area (Å²) in [6.45, 7) is 2.57. The maximum atomic E-state index is 12.1. The quantitative estimate of drug-likeness (QED) is 0.799. The Bertz CT molecular complexity index is 468. The minimum atomic E-state index is -0.187. The van der Waals surface area contributed by atoms with Crippen molar-refractivity contribution >= 4 is 11.7 Å². The molecule has 0 unspecified atom stereocenters. The molecule has 0 aliphatic carbocycles. The van der Waals surface area contributed by atoms with Gasteiger partial charge in [0.25, 0.3) is 5.91 Å². The van der Waals surface area contributed by atoms with Crippen LogP contribution in [0.4, 0.5) is 0 Å². The molecule has 0 spiro atoms. The average Bonchev–Trinajstić information content (AvgIpc) is 2.32. The molecule has 90 valence electrons. The summed E-state index contributed by atoms with van der Waals surface area (Å²) in [5, 5.41) is 9.56. The summed E-state index contributed by atoms with van der Waals surface area (Å²) in [4.78, 5) is 24.9. The van der Waals surface area contributed by atoms with Crippen LogP contribution in [0, 0.1) is 6.92 Å². The number of ketones is 1. The number of piperidine rings is 1. The van der Waals surface area contributed by atoms with Gasteiger partial charge in [0.1, 0.15) is 5.75 Å². The highest BCUT2D eigenvalue weighted by Crippen LogP contribution is 2.19. The number of rotatable bonds is 1. The summed E-state index contributed by atoms with van der Waals surface area (Å²) < 4.78 is 0. The number of carbonyl (C=O) groups is 2. The normalized spacial score (nSPS) is 16.1. The van der Waals surface area contributed by atoms with Gasteiger partial charge in [-0.25, -0.2) is 0 Å². The van der Waals surface area contributed by atoms with Crippen molar-refractivity contribution in [2.24, 2.45) is 0 Å². The number of benzene rings is 1. The fraction of sp³-hybridized carbons (Fsp3) is 0.385. The van der Waals surface area contributed by atoms with Crippen molar-refractivity contribution in [3.8, 4) is 5.75 Å². The Morgan fingerprint density at radius 1 is 1.41 bits per heavy atom. The number of phenols is 1. The standard InChI is InChI=1S/C13H15NO3/c1-9-4-5-10(7-12(9)16)13(17)14-6-2-3-11(15)8-14/h4-5,7,16H,2-3,6,8H2,1H3. The average molecular weight is 233 g/mol. The third kappa shape index (κ3) is 2.46.